The Bertz CT molecular complexity index is 384. The number of hydrogen-bond acceptors (Lipinski definition) is 3. The third kappa shape index (κ3) is 3.05. The van der Waals surface area contributed by atoms with E-state index in [2.05, 4.69) is 0 Å². The maximum atomic E-state index is 5.96. The Morgan fingerprint density at radius 1 is 1.29 bits per heavy atom. The summed E-state index contributed by atoms with van der Waals surface area (Å²) in [5, 5.41) is 0.543. The molecule has 94 valence electrons. The first kappa shape index (κ1) is 12.5. The Morgan fingerprint density at radius 3 is 2.82 bits per heavy atom. The van der Waals surface area contributed by atoms with E-state index in [0.29, 0.717) is 22.6 Å². The standard InChI is InChI=1S/C13H18ClNO2/c1-16-9-4-2-5-10(8-9)17-12-7-3-6-11(14)13(12)15/h3,6-7,9-10H,2,4-5,8,15H2,1H3. The van der Waals surface area contributed by atoms with Crippen molar-refractivity contribution in [2.24, 2.45) is 0 Å². The summed E-state index contributed by atoms with van der Waals surface area (Å²) >= 11 is 5.96. The van der Waals surface area contributed by atoms with Crippen LogP contribution in [0.25, 0.3) is 0 Å². The normalized spacial score (nSPS) is 24.6. The monoisotopic (exact) mass is 255 g/mol. The molecule has 1 saturated carbocycles. The molecule has 1 fully saturated rings. The van der Waals surface area contributed by atoms with Gasteiger partial charge in [0.25, 0.3) is 0 Å². The van der Waals surface area contributed by atoms with Gasteiger partial charge in [-0.25, -0.2) is 0 Å². The van der Waals surface area contributed by atoms with Gasteiger partial charge in [0.15, 0.2) is 0 Å². The van der Waals surface area contributed by atoms with E-state index >= 15 is 0 Å². The molecule has 1 aliphatic rings. The summed E-state index contributed by atoms with van der Waals surface area (Å²) in [5.41, 5.74) is 6.40. The first-order chi connectivity index (χ1) is 8.20. The van der Waals surface area contributed by atoms with E-state index in [1.807, 2.05) is 12.1 Å². The van der Waals surface area contributed by atoms with Crippen molar-refractivity contribution in [1.29, 1.82) is 0 Å². The quantitative estimate of drug-likeness (QED) is 0.844. The van der Waals surface area contributed by atoms with Crippen molar-refractivity contribution in [1.82, 2.24) is 0 Å². The first-order valence-electron chi connectivity index (χ1n) is 5.94. The van der Waals surface area contributed by atoms with E-state index in [0.717, 1.165) is 25.7 Å². The van der Waals surface area contributed by atoms with Gasteiger partial charge >= 0.3 is 0 Å². The Labute approximate surface area is 107 Å². The summed E-state index contributed by atoms with van der Waals surface area (Å²) in [6, 6.07) is 5.48. The molecule has 0 heterocycles. The van der Waals surface area contributed by atoms with Gasteiger partial charge in [0.2, 0.25) is 0 Å². The Hall–Kier alpha value is -0.930. The summed E-state index contributed by atoms with van der Waals surface area (Å²) in [6.07, 6.45) is 4.68. The van der Waals surface area contributed by atoms with Gasteiger partial charge in [-0.2, -0.15) is 0 Å². The van der Waals surface area contributed by atoms with Crippen molar-refractivity contribution in [3.63, 3.8) is 0 Å². The largest absolute Gasteiger partial charge is 0.488 e. The highest BCUT2D eigenvalue weighted by atomic mass is 35.5. The van der Waals surface area contributed by atoms with Crippen molar-refractivity contribution < 1.29 is 9.47 Å². The lowest BCUT2D eigenvalue weighted by Crippen LogP contribution is -2.29. The maximum Gasteiger partial charge on any atom is 0.144 e. The third-order valence-corrected chi connectivity index (χ3v) is 3.55. The van der Waals surface area contributed by atoms with Crippen LogP contribution in [0.15, 0.2) is 18.2 Å². The second kappa shape index (κ2) is 5.61. The van der Waals surface area contributed by atoms with E-state index in [-0.39, 0.29) is 6.10 Å². The van der Waals surface area contributed by atoms with Gasteiger partial charge in [-0.3, -0.25) is 0 Å². The topological polar surface area (TPSA) is 44.5 Å². The summed E-state index contributed by atoms with van der Waals surface area (Å²) < 4.78 is 11.3. The number of nitrogens with two attached hydrogens (primary N) is 1. The molecule has 0 saturated heterocycles. The van der Waals surface area contributed by atoms with Gasteiger partial charge in [-0.1, -0.05) is 17.7 Å². The van der Waals surface area contributed by atoms with Crippen LogP contribution in [-0.4, -0.2) is 19.3 Å². The summed E-state index contributed by atoms with van der Waals surface area (Å²) in [4.78, 5) is 0. The molecule has 2 unspecified atom stereocenters. The van der Waals surface area contributed by atoms with Gasteiger partial charge < -0.3 is 15.2 Å². The fourth-order valence-corrected chi connectivity index (χ4v) is 2.39. The minimum atomic E-state index is 0.175. The minimum absolute atomic E-state index is 0.175. The molecule has 1 aliphatic carbocycles. The predicted molar refractivity (Wildman–Crippen MR) is 69.5 cm³/mol. The summed E-state index contributed by atoms with van der Waals surface area (Å²) in [6.45, 7) is 0. The van der Waals surface area contributed by atoms with Crippen LogP contribution in [0.3, 0.4) is 0 Å². The number of para-hydroxylation sites is 1. The highest BCUT2D eigenvalue weighted by Gasteiger charge is 2.23. The van der Waals surface area contributed by atoms with Gasteiger partial charge in [0.05, 0.1) is 16.8 Å². The molecule has 0 bridgehead atoms. The lowest BCUT2D eigenvalue weighted by molar-refractivity contribution is 0.0212. The van der Waals surface area contributed by atoms with Crippen molar-refractivity contribution in [3.05, 3.63) is 23.2 Å². The van der Waals surface area contributed by atoms with Crippen LogP contribution in [0.1, 0.15) is 25.7 Å². The van der Waals surface area contributed by atoms with Gasteiger partial charge in [-0.05, 0) is 31.4 Å². The van der Waals surface area contributed by atoms with Crippen LogP contribution >= 0.6 is 11.6 Å². The molecule has 2 rings (SSSR count). The molecule has 0 aliphatic heterocycles. The number of methoxy groups -OCH3 is 1. The molecule has 2 atom stereocenters. The predicted octanol–water partition coefficient (Wildman–Crippen LogP) is 3.26. The van der Waals surface area contributed by atoms with Gasteiger partial charge in [0, 0.05) is 13.5 Å². The molecule has 0 amide bonds. The molecule has 3 nitrogen and oxygen atoms in total. The lowest BCUT2D eigenvalue weighted by Gasteiger charge is -2.29. The zero-order chi connectivity index (χ0) is 12.3. The molecular formula is C13H18ClNO2. The zero-order valence-electron chi connectivity index (χ0n) is 9.99. The van der Waals surface area contributed by atoms with Crippen LogP contribution in [0.4, 0.5) is 5.69 Å². The van der Waals surface area contributed by atoms with Crippen LogP contribution in [0.5, 0.6) is 5.75 Å². The molecule has 2 N–H and O–H groups in total. The fourth-order valence-electron chi connectivity index (χ4n) is 2.22. The number of rotatable bonds is 3. The van der Waals surface area contributed by atoms with Crippen molar-refractivity contribution in [3.8, 4) is 5.75 Å². The molecule has 0 spiro atoms. The van der Waals surface area contributed by atoms with Gasteiger partial charge in [-0.15, -0.1) is 0 Å². The van der Waals surface area contributed by atoms with Crippen molar-refractivity contribution in [2.75, 3.05) is 12.8 Å². The number of ether oxygens (including phenoxy) is 2. The van der Waals surface area contributed by atoms with Crippen molar-refractivity contribution >= 4 is 17.3 Å². The van der Waals surface area contributed by atoms with E-state index < -0.39 is 0 Å². The Morgan fingerprint density at radius 2 is 2.06 bits per heavy atom. The van der Waals surface area contributed by atoms with E-state index in [1.54, 1.807) is 13.2 Å². The molecule has 4 heteroatoms. The SMILES string of the molecule is COC1CCCC(Oc2cccc(Cl)c2N)C1. The highest BCUT2D eigenvalue weighted by Crippen LogP contribution is 2.32. The highest BCUT2D eigenvalue weighted by molar-refractivity contribution is 6.33. The van der Waals surface area contributed by atoms with E-state index in [9.17, 15) is 0 Å². The smallest absolute Gasteiger partial charge is 0.144 e. The van der Waals surface area contributed by atoms with Crippen LogP contribution < -0.4 is 10.5 Å². The van der Waals surface area contributed by atoms with Crippen molar-refractivity contribution in [2.45, 2.75) is 37.9 Å². The number of benzene rings is 1. The van der Waals surface area contributed by atoms with Crippen LogP contribution in [0, 0.1) is 0 Å². The average Bonchev–Trinajstić information content (AvgIpc) is 2.35. The lowest BCUT2D eigenvalue weighted by atomic mass is 9.95. The molecule has 0 radical (unpaired) electrons. The van der Waals surface area contributed by atoms with Crippen LogP contribution in [0.2, 0.25) is 5.02 Å². The fraction of sp³-hybridized carbons (Fsp3) is 0.538. The molecule has 17 heavy (non-hydrogen) atoms. The Kier molecular flexibility index (Phi) is 4.13. The zero-order valence-corrected chi connectivity index (χ0v) is 10.7. The van der Waals surface area contributed by atoms with E-state index in [4.69, 9.17) is 26.8 Å². The first-order valence-corrected chi connectivity index (χ1v) is 6.32. The number of hydrogen-bond donors (Lipinski definition) is 1. The molecule has 1 aromatic rings. The van der Waals surface area contributed by atoms with E-state index in [1.165, 1.54) is 0 Å². The molecular weight excluding hydrogens is 238 g/mol. The molecule has 0 aromatic heterocycles. The number of halogens is 1. The third-order valence-electron chi connectivity index (χ3n) is 3.22. The minimum Gasteiger partial charge on any atom is -0.488 e. The number of anilines is 1. The summed E-state index contributed by atoms with van der Waals surface area (Å²) in [5.74, 6) is 0.680. The summed E-state index contributed by atoms with van der Waals surface area (Å²) in [7, 11) is 1.75. The maximum absolute atomic E-state index is 5.96. The average molecular weight is 256 g/mol. The van der Waals surface area contributed by atoms with Gasteiger partial charge in [0.1, 0.15) is 11.9 Å². The second-order valence-corrected chi connectivity index (χ2v) is 4.82. The Balaban J connectivity index is 2.02. The molecule has 1 aromatic carbocycles. The van der Waals surface area contributed by atoms with Crippen LogP contribution in [-0.2, 0) is 4.74 Å². The number of nitrogen functional groups attached to an aromatic ring is 1. The second-order valence-electron chi connectivity index (χ2n) is 4.42.